The van der Waals surface area contributed by atoms with Gasteiger partial charge in [-0.1, -0.05) is 23.7 Å². The summed E-state index contributed by atoms with van der Waals surface area (Å²) in [5.74, 6) is 0.774. The van der Waals surface area contributed by atoms with Crippen LogP contribution in [0.3, 0.4) is 0 Å². The first kappa shape index (κ1) is 20.3. The highest BCUT2D eigenvalue weighted by Crippen LogP contribution is 2.13. The van der Waals surface area contributed by atoms with Gasteiger partial charge in [0.05, 0.1) is 25.4 Å². The zero-order valence-corrected chi connectivity index (χ0v) is 16.7. The zero-order chi connectivity index (χ0) is 18.9. The van der Waals surface area contributed by atoms with E-state index in [0.29, 0.717) is 19.7 Å². The molecule has 0 aliphatic rings. The van der Waals surface area contributed by atoms with Crippen LogP contribution in [0.2, 0.25) is 5.02 Å². The molecule has 0 aliphatic carbocycles. The van der Waals surface area contributed by atoms with Gasteiger partial charge in [-0.2, -0.15) is 5.10 Å². The first-order chi connectivity index (χ1) is 12.5. The second kappa shape index (κ2) is 10.2. The van der Waals surface area contributed by atoms with Crippen molar-refractivity contribution in [1.29, 1.82) is 0 Å². The van der Waals surface area contributed by atoms with E-state index < -0.39 is 0 Å². The van der Waals surface area contributed by atoms with Crippen LogP contribution in [-0.2, 0) is 24.4 Å². The molecule has 0 unspecified atom stereocenters. The van der Waals surface area contributed by atoms with Crippen LogP contribution in [-0.4, -0.2) is 36.0 Å². The quantitative estimate of drug-likeness (QED) is 0.548. The molecule has 0 spiro atoms. The molecule has 0 radical (unpaired) electrons. The van der Waals surface area contributed by atoms with Gasteiger partial charge in [0, 0.05) is 36.5 Å². The van der Waals surface area contributed by atoms with Crippen molar-refractivity contribution in [3.63, 3.8) is 0 Å². The summed E-state index contributed by atoms with van der Waals surface area (Å²) in [6.45, 7) is 9.62. The molecule has 142 valence electrons. The molecule has 2 N–H and O–H groups in total. The van der Waals surface area contributed by atoms with Crippen LogP contribution in [0.25, 0.3) is 0 Å². The Morgan fingerprint density at radius 3 is 2.81 bits per heavy atom. The van der Waals surface area contributed by atoms with Crippen molar-refractivity contribution in [2.24, 2.45) is 4.99 Å². The Morgan fingerprint density at radius 2 is 2.12 bits per heavy atom. The van der Waals surface area contributed by atoms with Gasteiger partial charge in [0.1, 0.15) is 0 Å². The molecule has 0 amide bonds. The summed E-state index contributed by atoms with van der Waals surface area (Å²) in [7, 11) is 1.70. The summed E-state index contributed by atoms with van der Waals surface area (Å²) in [5.41, 5.74) is 4.44. The average Bonchev–Trinajstić information content (AvgIpc) is 2.89. The van der Waals surface area contributed by atoms with Crippen LogP contribution >= 0.6 is 11.6 Å². The summed E-state index contributed by atoms with van der Waals surface area (Å²) < 4.78 is 7.14. The largest absolute Gasteiger partial charge is 0.383 e. The molecular formula is C19H28ClN5O. The SMILES string of the molecule is CCNC(=NCc1cccc(Cl)c1)NCc1c(C)nn(CCOC)c1C. The topological polar surface area (TPSA) is 63.5 Å². The number of ether oxygens (including phenoxy) is 1. The minimum atomic E-state index is 0.570. The standard InChI is InChI=1S/C19H28ClN5O/c1-5-21-19(22-12-16-7-6-8-17(20)11-16)23-13-18-14(2)24-25(15(18)3)9-10-26-4/h6-8,11H,5,9-10,12-13H2,1-4H3,(H2,21,22,23). The van der Waals surface area contributed by atoms with Gasteiger partial charge in [0.15, 0.2) is 5.96 Å². The first-order valence-corrected chi connectivity index (χ1v) is 9.21. The van der Waals surface area contributed by atoms with Gasteiger partial charge < -0.3 is 15.4 Å². The maximum absolute atomic E-state index is 6.04. The van der Waals surface area contributed by atoms with Gasteiger partial charge >= 0.3 is 0 Å². The fraction of sp³-hybridized carbons (Fsp3) is 0.474. The van der Waals surface area contributed by atoms with Crippen molar-refractivity contribution in [3.8, 4) is 0 Å². The maximum Gasteiger partial charge on any atom is 0.191 e. The minimum Gasteiger partial charge on any atom is -0.383 e. The summed E-state index contributed by atoms with van der Waals surface area (Å²) >= 11 is 6.04. The predicted octanol–water partition coefficient (Wildman–Crippen LogP) is 3.06. The summed E-state index contributed by atoms with van der Waals surface area (Å²) in [6.07, 6.45) is 0. The molecule has 6 nitrogen and oxygen atoms in total. The Labute approximate surface area is 160 Å². The minimum absolute atomic E-state index is 0.570. The van der Waals surface area contributed by atoms with Gasteiger partial charge in [-0.05, 0) is 38.5 Å². The molecule has 1 aromatic carbocycles. The molecule has 1 aromatic heterocycles. The normalized spacial score (nSPS) is 11.7. The fourth-order valence-corrected chi connectivity index (χ4v) is 2.92. The van der Waals surface area contributed by atoms with Crippen molar-refractivity contribution in [3.05, 3.63) is 51.8 Å². The van der Waals surface area contributed by atoms with Gasteiger partial charge in [0.25, 0.3) is 0 Å². The van der Waals surface area contributed by atoms with E-state index in [1.807, 2.05) is 35.9 Å². The lowest BCUT2D eigenvalue weighted by Crippen LogP contribution is -2.37. The Hall–Kier alpha value is -2.05. The molecule has 1 heterocycles. The number of nitrogens with zero attached hydrogens (tertiary/aromatic N) is 3. The highest BCUT2D eigenvalue weighted by Gasteiger charge is 2.11. The van der Waals surface area contributed by atoms with Crippen molar-refractivity contribution in [1.82, 2.24) is 20.4 Å². The smallest absolute Gasteiger partial charge is 0.191 e. The number of rotatable bonds is 8. The van der Waals surface area contributed by atoms with Gasteiger partial charge in [0.2, 0.25) is 0 Å². The fourth-order valence-electron chi connectivity index (χ4n) is 2.70. The van der Waals surface area contributed by atoms with Crippen molar-refractivity contribution in [2.75, 3.05) is 20.3 Å². The summed E-state index contributed by atoms with van der Waals surface area (Å²) in [4.78, 5) is 4.64. The van der Waals surface area contributed by atoms with Crippen molar-refractivity contribution < 1.29 is 4.74 Å². The van der Waals surface area contributed by atoms with E-state index in [1.54, 1.807) is 7.11 Å². The number of hydrogen-bond acceptors (Lipinski definition) is 3. The molecule has 0 fully saturated rings. The zero-order valence-electron chi connectivity index (χ0n) is 16.0. The van der Waals surface area contributed by atoms with Crippen LogP contribution in [0.1, 0.15) is 29.4 Å². The number of guanidine groups is 1. The summed E-state index contributed by atoms with van der Waals surface area (Å²) in [6, 6.07) is 7.76. The molecule has 2 aromatic rings. The summed E-state index contributed by atoms with van der Waals surface area (Å²) in [5, 5.41) is 12.0. The van der Waals surface area contributed by atoms with E-state index >= 15 is 0 Å². The predicted molar refractivity (Wildman–Crippen MR) is 107 cm³/mol. The number of benzene rings is 1. The Balaban J connectivity index is 2.04. The Morgan fingerprint density at radius 1 is 1.31 bits per heavy atom. The second-order valence-corrected chi connectivity index (χ2v) is 6.48. The third-order valence-electron chi connectivity index (χ3n) is 4.12. The van der Waals surface area contributed by atoms with E-state index in [2.05, 4.69) is 34.6 Å². The Bertz CT molecular complexity index is 742. The number of aromatic nitrogens is 2. The third kappa shape index (κ3) is 5.75. The Kier molecular flexibility index (Phi) is 7.94. The molecule has 0 saturated carbocycles. The number of aliphatic imine (C=N–C) groups is 1. The van der Waals surface area contributed by atoms with Crippen molar-refractivity contribution in [2.45, 2.75) is 40.4 Å². The van der Waals surface area contributed by atoms with Gasteiger partial charge in [-0.15, -0.1) is 0 Å². The molecule has 0 bridgehead atoms. The van der Waals surface area contributed by atoms with E-state index in [4.69, 9.17) is 16.3 Å². The van der Waals surface area contributed by atoms with E-state index in [1.165, 1.54) is 5.56 Å². The highest BCUT2D eigenvalue weighted by molar-refractivity contribution is 6.30. The first-order valence-electron chi connectivity index (χ1n) is 8.83. The highest BCUT2D eigenvalue weighted by atomic mass is 35.5. The number of halogens is 1. The van der Waals surface area contributed by atoms with Crippen LogP contribution in [0, 0.1) is 13.8 Å². The molecule has 0 aliphatic heterocycles. The third-order valence-corrected chi connectivity index (χ3v) is 4.36. The molecule has 26 heavy (non-hydrogen) atoms. The van der Waals surface area contributed by atoms with E-state index in [0.717, 1.165) is 41.0 Å². The van der Waals surface area contributed by atoms with E-state index in [-0.39, 0.29) is 0 Å². The van der Waals surface area contributed by atoms with Gasteiger partial charge in [-0.25, -0.2) is 4.99 Å². The van der Waals surface area contributed by atoms with Crippen LogP contribution in [0.4, 0.5) is 0 Å². The lowest BCUT2D eigenvalue weighted by molar-refractivity contribution is 0.182. The van der Waals surface area contributed by atoms with Gasteiger partial charge in [-0.3, -0.25) is 4.68 Å². The maximum atomic E-state index is 6.04. The monoisotopic (exact) mass is 377 g/mol. The molecule has 0 saturated heterocycles. The molecule has 2 rings (SSSR count). The number of methoxy groups -OCH3 is 1. The number of hydrogen-bond donors (Lipinski definition) is 2. The van der Waals surface area contributed by atoms with Crippen LogP contribution in [0.15, 0.2) is 29.3 Å². The van der Waals surface area contributed by atoms with Crippen LogP contribution in [0.5, 0.6) is 0 Å². The second-order valence-electron chi connectivity index (χ2n) is 6.04. The molecule has 0 atom stereocenters. The lowest BCUT2D eigenvalue weighted by Gasteiger charge is -2.12. The number of nitrogens with one attached hydrogen (secondary N) is 2. The van der Waals surface area contributed by atoms with Crippen molar-refractivity contribution >= 4 is 17.6 Å². The molecular weight excluding hydrogens is 350 g/mol. The van der Waals surface area contributed by atoms with Crippen LogP contribution < -0.4 is 10.6 Å². The average molecular weight is 378 g/mol. The number of aryl methyl sites for hydroxylation is 1. The van der Waals surface area contributed by atoms with E-state index in [9.17, 15) is 0 Å². The lowest BCUT2D eigenvalue weighted by atomic mass is 10.2. The molecule has 7 heteroatoms.